The highest BCUT2D eigenvalue weighted by atomic mass is 16.5. The number of rotatable bonds is 3. The van der Waals surface area contributed by atoms with E-state index >= 15 is 0 Å². The maximum absolute atomic E-state index is 12.6. The minimum Gasteiger partial charge on any atom is -0.492 e. The van der Waals surface area contributed by atoms with E-state index < -0.39 is 17.3 Å². The highest BCUT2D eigenvalue weighted by Crippen LogP contribution is 2.39. The van der Waals surface area contributed by atoms with Crippen molar-refractivity contribution in [1.29, 1.82) is 0 Å². The van der Waals surface area contributed by atoms with Crippen molar-refractivity contribution >= 4 is 11.7 Å². The fourth-order valence-electron chi connectivity index (χ4n) is 3.74. The van der Waals surface area contributed by atoms with Gasteiger partial charge in [-0.1, -0.05) is 12.1 Å². The van der Waals surface area contributed by atoms with Gasteiger partial charge in [-0.25, -0.2) is 4.79 Å². The van der Waals surface area contributed by atoms with Gasteiger partial charge in [0.25, 0.3) is 0 Å². The summed E-state index contributed by atoms with van der Waals surface area (Å²) in [7, 11) is 0. The van der Waals surface area contributed by atoms with Crippen molar-refractivity contribution in [1.82, 2.24) is 4.90 Å². The second-order valence-corrected chi connectivity index (χ2v) is 7.39. The minimum absolute atomic E-state index is 0.126. The molecule has 2 aliphatic heterocycles. The van der Waals surface area contributed by atoms with Gasteiger partial charge < -0.3 is 29.9 Å². The molecule has 1 spiro atoms. The van der Waals surface area contributed by atoms with Gasteiger partial charge in [0.05, 0.1) is 30.1 Å². The predicted molar refractivity (Wildman–Crippen MR) is 97.4 cm³/mol. The lowest BCUT2D eigenvalue weighted by Gasteiger charge is -2.49. The summed E-state index contributed by atoms with van der Waals surface area (Å²) in [5.41, 5.74) is -0.971. The van der Waals surface area contributed by atoms with Crippen LogP contribution in [0.4, 0.5) is 10.5 Å². The highest BCUT2D eigenvalue weighted by Gasteiger charge is 2.49. The van der Waals surface area contributed by atoms with Crippen LogP contribution in [0.3, 0.4) is 0 Å². The first-order valence-corrected chi connectivity index (χ1v) is 9.17. The minimum atomic E-state index is -1.15. The van der Waals surface area contributed by atoms with E-state index in [9.17, 15) is 15.0 Å². The van der Waals surface area contributed by atoms with E-state index in [0.717, 1.165) is 0 Å². The third-order valence-corrected chi connectivity index (χ3v) is 5.34. The monoisotopic (exact) mass is 364 g/mol. The lowest BCUT2D eigenvalue weighted by atomic mass is 9.77. The van der Waals surface area contributed by atoms with Gasteiger partial charge in [0.15, 0.2) is 0 Å². The number of aliphatic hydroxyl groups excluding tert-OH is 1. The molecule has 0 aliphatic carbocycles. The summed E-state index contributed by atoms with van der Waals surface area (Å²) in [6.07, 6.45) is 0.779. The Bertz CT molecular complexity index is 641. The van der Waals surface area contributed by atoms with Crippen molar-refractivity contribution in [2.24, 2.45) is 0 Å². The second kappa shape index (κ2) is 7.42. The Labute approximate surface area is 153 Å². The molecule has 0 unspecified atom stereocenters. The largest absolute Gasteiger partial charge is 0.492 e. The number of carbonyl (C=O) groups excluding carboxylic acids is 1. The van der Waals surface area contributed by atoms with Gasteiger partial charge in [0, 0.05) is 19.5 Å². The normalized spacial score (nSPS) is 28.0. The number of aliphatic hydroxyl groups is 2. The van der Waals surface area contributed by atoms with Crippen molar-refractivity contribution in [2.45, 2.75) is 50.4 Å². The number of likely N-dealkylation sites (tertiary alicyclic amines) is 1. The van der Waals surface area contributed by atoms with Gasteiger partial charge in [-0.15, -0.1) is 0 Å². The van der Waals surface area contributed by atoms with Crippen LogP contribution in [-0.2, 0) is 4.74 Å². The standard InChI is InChI=1S/C19H28N2O5/c1-3-25-15-7-5-4-6-14(15)20-17(23)21-10-8-19(9-11-21)13-18(2,24)16(22)12-26-19/h4-7,16,22,24H,3,8-13H2,1-2H3,(H,20,23)/t16-,18-/m0/s1. The number of hydrogen-bond acceptors (Lipinski definition) is 5. The molecule has 2 aliphatic rings. The third kappa shape index (κ3) is 3.95. The topological polar surface area (TPSA) is 91.3 Å². The molecule has 3 N–H and O–H groups in total. The average molecular weight is 364 g/mol. The Balaban J connectivity index is 1.59. The first kappa shape index (κ1) is 18.9. The van der Waals surface area contributed by atoms with E-state index in [2.05, 4.69) is 5.32 Å². The van der Waals surface area contributed by atoms with E-state index in [-0.39, 0.29) is 12.6 Å². The third-order valence-electron chi connectivity index (χ3n) is 5.34. The molecule has 1 aromatic rings. The van der Waals surface area contributed by atoms with Crippen molar-refractivity contribution in [3.05, 3.63) is 24.3 Å². The number of hydrogen-bond donors (Lipinski definition) is 3. The average Bonchev–Trinajstić information content (AvgIpc) is 2.61. The summed E-state index contributed by atoms with van der Waals surface area (Å²) in [4.78, 5) is 14.4. The predicted octanol–water partition coefficient (Wildman–Crippen LogP) is 1.98. The molecule has 0 radical (unpaired) electrons. The number of para-hydroxylation sites is 2. The van der Waals surface area contributed by atoms with Crippen LogP contribution in [0.15, 0.2) is 24.3 Å². The van der Waals surface area contributed by atoms with Crippen molar-refractivity contribution in [2.75, 3.05) is 31.6 Å². The molecule has 2 saturated heterocycles. The molecular weight excluding hydrogens is 336 g/mol. The van der Waals surface area contributed by atoms with Gasteiger partial charge in [-0.3, -0.25) is 0 Å². The zero-order valence-electron chi connectivity index (χ0n) is 15.4. The Morgan fingerprint density at radius 1 is 1.38 bits per heavy atom. The summed E-state index contributed by atoms with van der Waals surface area (Å²) in [5.74, 6) is 0.650. The molecule has 2 heterocycles. The van der Waals surface area contributed by atoms with E-state index in [4.69, 9.17) is 9.47 Å². The van der Waals surface area contributed by atoms with Gasteiger partial charge >= 0.3 is 6.03 Å². The molecule has 7 nitrogen and oxygen atoms in total. The van der Waals surface area contributed by atoms with Crippen molar-refractivity contribution < 1.29 is 24.5 Å². The number of anilines is 1. The van der Waals surface area contributed by atoms with Crippen LogP contribution in [0, 0.1) is 0 Å². The van der Waals surface area contributed by atoms with Crippen molar-refractivity contribution in [3.63, 3.8) is 0 Å². The molecule has 26 heavy (non-hydrogen) atoms. The lowest BCUT2D eigenvalue weighted by molar-refractivity contribution is -0.221. The summed E-state index contributed by atoms with van der Waals surface area (Å²) in [6.45, 7) is 5.27. The number of carbonyl (C=O) groups is 1. The molecule has 144 valence electrons. The number of urea groups is 1. The van der Waals surface area contributed by atoms with Gasteiger partial charge in [-0.2, -0.15) is 0 Å². The van der Waals surface area contributed by atoms with Crippen molar-refractivity contribution in [3.8, 4) is 5.75 Å². The zero-order valence-corrected chi connectivity index (χ0v) is 15.4. The maximum Gasteiger partial charge on any atom is 0.321 e. The number of nitrogens with zero attached hydrogens (tertiary/aromatic N) is 1. The van der Waals surface area contributed by atoms with Crippen LogP contribution in [-0.4, -0.2) is 64.8 Å². The quantitative estimate of drug-likeness (QED) is 0.763. The summed E-state index contributed by atoms with van der Waals surface area (Å²) >= 11 is 0. The van der Waals surface area contributed by atoms with Crippen LogP contribution in [0.1, 0.15) is 33.1 Å². The van der Waals surface area contributed by atoms with Crippen LogP contribution in [0.25, 0.3) is 0 Å². The fourth-order valence-corrected chi connectivity index (χ4v) is 3.74. The summed E-state index contributed by atoms with van der Waals surface area (Å²) in [5, 5.41) is 23.1. The smallest absolute Gasteiger partial charge is 0.321 e. The second-order valence-electron chi connectivity index (χ2n) is 7.39. The van der Waals surface area contributed by atoms with Crippen LogP contribution in [0.5, 0.6) is 5.75 Å². The summed E-state index contributed by atoms with van der Waals surface area (Å²) in [6, 6.07) is 7.19. The van der Waals surface area contributed by atoms with E-state index in [1.54, 1.807) is 11.8 Å². The number of ether oxygens (including phenoxy) is 2. The molecule has 0 bridgehead atoms. The highest BCUT2D eigenvalue weighted by molar-refractivity contribution is 5.91. The van der Waals surface area contributed by atoms with Crippen LogP contribution < -0.4 is 10.1 Å². The number of nitrogens with one attached hydrogen (secondary N) is 1. The Morgan fingerprint density at radius 2 is 2.08 bits per heavy atom. The number of amides is 2. The fraction of sp³-hybridized carbons (Fsp3) is 0.632. The molecule has 1 aromatic carbocycles. The first-order valence-electron chi connectivity index (χ1n) is 9.17. The zero-order chi connectivity index (χ0) is 18.8. The van der Waals surface area contributed by atoms with E-state index in [1.165, 1.54) is 0 Å². The molecule has 2 amide bonds. The molecule has 3 rings (SSSR count). The van der Waals surface area contributed by atoms with Crippen LogP contribution in [0.2, 0.25) is 0 Å². The number of piperidine rings is 1. The molecule has 0 aromatic heterocycles. The van der Waals surface area contributed by atoms with Gasteiger partial charge in [-0.05, 0) is 38.8 Å². The first-order chi connectivity index (χ1) is 12.4. The Morgan fingerprint density at radius 3 is 2.73 bits per heavy atom. The maximum atomic E-state index is 12.6. The Hall–Kier alpha value is -1.83. The molecule has 2 atom stereocenters. The summed E-state index contributed by atoms with van der Waals surface area (Å²) < 4.78 is 11.4. The molecule has 2 fully saturated rings. The molecular formula is C19H28N2O5. The number of benzene rings is 1. The van der Waals surface area contributed by atoms with Gasteiger partial charge in [0.2, 0.25) is 0 Å². The SMILES string of the molecule is CCOc1ccccc1NC(=O)N1CCC2(CC1)C[C@](C)(O)[C@@H](O)CO2. The lowest BCUT2D eigenvalue weighted by Crippen LogP contribution is -2.59. The van der Waals surface area contributed by atoms with Gasteiger partial charge in [0.1, 0.15) is 11.9 Å². The molecule has 0 saturated carbocycles. The van der Waals surface area contributed by atoms with E-state index in [0.29, 0.717) is 50.4 Å². The van der Waals surface area contributed by atoms with Crippen LogP contribution >= 0.6 is 0 Å². The molecule has 7 heteroatoms. The Kier molecular flexibility index (Phi) is 5.41. The van der Waals surface area contributed by atoms with E-state index in [1.807, 2.05) is 31.2 Å².